The minimum absolute atomic E-state index is 0. The predicted octanol–water partition coefficient (Wildman–Crippen LogP) is 7.06. The van der Waals surface area contributed by atoms with Gasteiger partial charge in [-0.1, -0.05) is 61.5 Å². The molecule has 3 aromatic carbocycles. The molecular formula is C29H34Cl2O4. The van der Waals surface area contributed by atoms with Crippen LogP contribution in [0.4, 0.5) is 0 Å². The van der Waals surface area contributed by atoms with Gasteiger partial charge in [-0.3, -0.25) is 0 Å². The van der Waals surface area contributed by atoms with Crippen LogP contribution in [0.1, 0.15) is 55.2 Å². The van der Waals surface area contributed by atoms with Crippen LogP contribution in [0.5, 0.6) is 11.5 Å². The Morgan fingerprint density at radius 3 is 2.11 bits per heavy atom. The smallest absolute Gasteiger partial charge is 0.199 e. The molecule has 1 heterocycles. The van der Waals surface area contributed by atoms with Crippen molar-refractivity contribution in [3.63, 3.8) is 0 Å². The maximum atomic E-state index is 12.4. The molecule has 1 fully saturated rings. The molecule has 3 unspecified atom stereocenters. The Balaban J connectivity index is 0.00000342. The van der Waals surface area contributed by atoms with E-state index in [4.69, 9.17) is 25.8 Å². The van der Waals surface area contributed by atoms with Crippen LogP contribution in [-0.2, 0) is 10.3 Å². The van der Waals surface area contributed by atoms with Gasteiger partial charge in [0.15, 0.2) is 6.29 Å². The van der Waals surface area contributed by atoms with Crippen LogP contribution in [0.2, 0.25) is 0 Å². The fourth-order valence-electron chi connectivity index (χ4n) is 4.73. The monoisotopic (exact) mass is 516 g/mol. The van der Waals surface area contributed by atoms with E-state index in [9.17, 15) is 5.11 Å². The first kappa shape index (κ1) is 27.3. The number of aliphatic hydroxyl groups is 1. The first-order chi connectivity index (χ1) is 16.6. The van der Waals surface area contributed by atoms with Gasteiger partial charge in [-0.05, 0) is 60.2 Å². The highest BCUT2D eigenvalue weighted by Crippen LogP contribution is 2.45. The summed E-state index contributed by atoms with van der Waals surface area (Å²) < 4.78 is 17.4. The third-order valence-corrected chi connectivity index (χ3v) is 6.61. The maximum Gasteiger partial charge on any atom is 0.199 e. The molecule has 0 radical (unpaired) electrons. The van der Waals surface area contributed by atoms with Gasteiger partial charge in [0.2, 0.25) is 0 Å². The minimum atomic E-state index is -1.24. The van der Waals surface area contributed by atoms with Gasteiger partial charge in [-0.15, -0.1) is 24.0 Å². The second kappa shape index (κ2) is 13.2. The van der Waals surface area contributed by atoms with E-state index in [0.29, 0.717) is 12.5 Å². The molecule has 0 spiro atoms. The van der Waals surface area contributed by atoms with E-state index in [-0.39, 0.29) is 24.6 Å². The highest BCUT2D eigenvalue weighted by atomic mass is 35.5. The normalized spacial score (nSPS) is 18.1. The van der Waals surface area contributed by atoms with E-state index in [1.807, 2.05) is 66.7 Å². The number of rotatable bonds is 10. The van der Waals surface area contributed by atoms with Crippen molar-refractivity contribution in [3.8, 4) is 11.5 Å². The summed E-state index contributed by atoms with van der Waals surface area (Å²) in [6, 6.07) is 25.6. The zero-order valence-corrected chi connectivity index (χ0v) is 21.6. The number of hydrogen-bond acceptors (Lipinski definition) is 4. The second-order valence-electron chi connectivity index (χ2n) is 8.64. The molecule has 1 aliphatic heterocycles. The third-order valence-electron chi connectivity index (χ3n) is 6.45. The highest BCUT2D eigenvalue weighted by molar-refractivity contribution is 6.18. The fraction of sp³-hybridized carbons (Fsp3) is 0.379. The summed E-state index contributed by atoms with van der Waals surface area (Å²) in [6.07, 6.45) is 3.66. The summed E-state index contributed by atoms with van der Waals surface area (Å²) in [5.41, 5.74) is 1.48. The topological polar surface area (TPSA) is 47.9 Å². The van der Waals surface area contributed by atoms with E-state index in [0.717, 1.165) is 60.5 Å². The van der Waals surface area contributed by atoms with Crippen molar-refractivity contribution in [2.24, 2.45) is 0 Å². The van der Waals surface area contributed by atoms with Crippen LogP contribution < -0.4 is 9.47 Å². The lowest BCUT2D eigenvalue weighted by molar-refractivity contribution is -0.105. The lowest BCUT2D eigenvalue weighted by Crippen LogP contribution is -2.35. The van der Waals surface area contributed by atoms with Gasteiger partial charge in [0.05, 0.1) is 12.5 Å². The molecule has 0 aliphatic carbocycles. The van der Waals surface area contributed by atoms with Gasteiger partial charge in [0, 0.05) is 12.3 Å². The Labute approximate surface area is 219 Å². The lowest BCUT2D eigenvalue weighted by atomic mass is 9.72. The maximum absolute atomic E-state index is 12.4. The van der Waals surface area contributed by atoms with E-state index < -0.39 is 5.60 Å². The van der Waals surface area contributed by atoms with E-state index >= 15 is 0 Å². The lowest BCUT2D eigenvalue weighted by Gasteiger charge is -2.37. The largest absolute Gasteiger partial charge is 0.492 e. The molecular weight excluding hydrogens is 483 g/mol. The van der Waals surface area contributed by atoms with E-state index in [2.05, 4.69) is 19.1 Å². The molecule has 4 rings (SSSR count). The molecule has 4 nitrogen and oxygen atoms in total. The number of hydrogen-bond donors (Lipinski definition) is 1. The van der Waals surface area contributed by atoms with E-state index in [1.165, 1.54) is 0 Å². The van der Waals surface area contributed by atoms with Crippen molar-refractivity contribution in [2.75, 3.05) is 19.1 Å². The zero-order chi connectivity index (χ0) is 23.8. The summed E-state index contributed by atoms with van der Waals surface area (Å²) in [5.74, 6) is 1.76. The van der Waals surface area contributed by atoms with Crippen molar-refractivity contribution in [1.82, 2.24) is 0 Å². The fourth-order valence-corrected chi connectivity index (χ4v) is 4.81. The van der Waals surface area contributed by atoms with Gasteiger partial charge in [0.25, 0.3) is 0 Å². The van der Waals surface area contributed by atoms with Crippen LogP contribution in [0, 0.1) is 0 Å². The summed E-state index contributed by atoms with van der Waals surface area (Å²) in [7, 11) is 0. The standard InChI is InChI=1S/C29H33ClO4.ClH/c1-2-27(22-8-4-3-5-9-22)29(31,23-11-15-25(16-12-23)32-21-19-30)24-13-17-26(18-14-24)34-28-10-6-7-20-33-28;/h3-5,8-9,11-18,27-28,31H,2,6-7,10,19-21H2,1H3;1H. The Bertz CT molecular complexity index is 1010. The molecule has 6 heteroatoms. The molecule has 35 heavy (non-hydrogen) atoms. The number of alkyl halides is 1. The first-order valence-corrected chi connectivity index (χ1v) is 12.6. The molecule has 1 aliphatic rings. The SMILES string of the molecule is CCC(c1ccccc1)C(O)(c1ccc(OCCCl)cc1)c1ccc(OC2CCCCO2)cc1.Cl. The molecule has 188 valence electrons. The Kier molecular flexibility index (Phi) is 10.3. The van der Waals surface area contributed by atoms with Crippen molar-refractivity contribution in [3.05, 3.63) is 95.6 Å². The van der Waals surface area contributed by atoms with Crippen LogP contribution in [0.15, 0.2) is 78.9 Å². The summed E-state index contributed by atoms with van der Waals surface area (Å²) in [4.78, 5) is 0. The molecule has 0 aromatic heterocycles. The Hall–Kier alpha value is -2.24. The predicted molar refractivity (Wildman–Crippen MR) is 143 cm³/mol. The van der Waals surface area contributed by atoms with Crippen molar-refractivity contribution in [2.45, 2.75) is 50.4 Å². The molecule has 3 atom stereocenters. The van der Waals surface area contributed by atoms with Crippen molar-refractivity contribution in [1.29, 1.82) is 0 Å². The first-order valence-electron chi connectivity index (χ1n) is 12.1. The van der Waals surface area contributed by atoms with Crippen LogP contribution in [0.3, 0.4) is 0 Å². The Morgan fingerprint density at radius 1 is 0.943 bits per heavy atom. The molecule has 3 aromatic rings. The third kappa shape index (κ3) is 6.50. The van der Waals surface area contributed by atoms with Crippen LogP contribution >= 0.6 is 24.0 Å². The van der Waals surface area contributed by atoms with Gasteiger partial charge in [-0.25, -0.2) is 0 Å². The molecule has 0 saturated carbocycles. The number of benzene rings is 3. The average molecular weight is 517 g/mol. The highest BCUT2D eigenvalue weighted by Gasteiger charge is 2.40. The van der Waals surface area contributed by atoms with Crippen LogP contribution in [-0.4, -0.2) is 30.5 Å². The number of halogens is 2. The zero-order valence-electron chi connectivity index (χ0n) is 20.1. The van der Waals surface area contributed by atoms with Crippen molar-refractivity contribution >= 4 is 24.0 Å². The quantitative estimate of drug-likeness (QED) is 0.293. The van der Waals surface area contributed by atoms with Gasteiger partial charge >= 0.3 is 0 Å². The van der Waals surface area contributed by atoms with Crippen LogP contribution in [0.25, 0.3) is 0 Å². The second-order valence-corrected chi connectivity index (χ2v) is 9.02. The average Bonchev–Trinajstić information content (AvgIpc) is 2.90. The summed E-state index contributed by atoms with van der Waals surface area (Å²) in [5, 5.41) is 12.4. The van der Waals surface area contributed by atoms with Gasteiger partial charge < -0.3 is 19.3 Å². The molecule has 1 saturated heterocycles. The van der Waals surface area contributed by atoms with Gasteiger partial charge in [0.1, 0.15) is 23.7 Å². The minimum Gasteiger partial charge on any atom is -0.492 e. The molecule has 0 bridgehead atoms. The summed E-state index contributed by atoms with van der Waals surface area (Å²) >= 11 is 5.75. The number of ether oxygens (including phenoxy) is 3. The molecule has 1 N–H and O–H groups in total. The Morgan fingerprint density at radius 2 is 1.57 bits per heavy atom. The molecule has 0 amide bonds. The summed E-state index contributed by atoms with van der Waals surface area (Å²) in [6.45, 7) is 3.29. The van der Waals surface area contributed by atoms with Gasteiger partial charge in [-0.2, -0.15) is 0 Å². The van der Waals surface area contributed by atoms with Crippen molar-refractivity contribution < 1.29 is 19.3 Å². The van der Waals surface area contributed by atoms with E-state index in [1.54, 1.807) is 0 Å².